The van der Waals surface area contributed by atoms with Gasteiger partial charge in [-0.2, -0.15) is 15.0 Å². The maximum Gasteiger partial charge on any atom is 0.243 e. The number of rotatable bonds is 5. The fourth-order valence-corrected chi connectivity index (χ4v) is 2.45. The summed E-state index contributed by atoms with van der Waals surface area (Å²) in [6.07, 6.45) is 7.48. The van der Waals surface area contributed by atoms with E-state index in [-0.39, 0.29) is 0 Å². The minimum atomic E-state index is 0.316. The molecule has 0 aromatic carbocycles. The molecule has 1 fully saturated rings. The standard InChI is InChI=1S/C12H19N9/c1-20-5-2-3-9(20)7-15-10-16-11(19-13)18-12(17-10)21-6-4-14-8-21/h4,6,8-9H,2-3,5,7,13H2,1H3,(H2,15,16,17,18,19). The molecule has 3 heterocycles. The molecular weight excluding hydrogens is 270 g/mol. The lowest BCUT2D eigenvalue weighted by molar-refractivity contribution is 0.322. The van der Waals surface area contributed by atoms with Gasteiger partial charge in [0, 0.05) is 25.0 Å². The molecule has 1 aliphatic heterocycles. The largest absolute Gasteiger partial charge is 0.352 e. The minimum absolute atomic E-state index is 0.316. The van der Waals surface area contributed by atoms with Crippen LogP contribution >= 0.6 is 0 Å². The Hall–Kier alpha value is -2.26. The monoisotopic (exact) mass is 289 g/mol. The van der Waals surface area contributed by atoms with Crippen molar-refractivity contribution >= 4 is 11.9 Å². The quantitative estimate of drug-likeness (QED) is 0.515. The zero-order valence-electron chi connectivity index (χ0n) is 11.9. The molecule has 112 valence electrons. The van der Waals surface area contributed by atoms with Crippen LogP contribution in [0.15, 0.2) is 18.7 Å². The number of nitrogens with one attached hydrogen (secondary N) is 2. The van der Waals surface area contributed by atoms with Gasteiger partial charge in [-0.1, -0.05) is 0 Å². The number of nitrogens with two attached hydrogens (primary N) is 1. The molecule has 1 unspecified atom stereocenters. The molecule has 0 aliphatic carbocycles. The van der Waals surface area contributed by atoms with Gasteiger partial charge in [-0.25, -0.2) is 10.8 Å². The second-order valence-corrected chi connectivity index (χ2v) is 5.05. The first kappa shape index (κ1) is 13.7. The van der Waals surface area contributed by atoms with E-state index in [1.807, 2.05) is 0 Å². The lowest BCUT2D eigenvalue weighted by atomic mass is 10.2. The number of anilines is 2. The molecule has 0 amide bonds. The van der Waals surface area contributed by atoms with Crippen LogP contribution in [0.2, 0.25) is 0 Å². The van der Waals surface area contributed by atoms with Crippen molar-refractivity contribution in [3.63, 3.8) is 0 Å². The summed E-state index contributed by atoms with van der Waals surface area (Å²) in [5.41, 5.74) is 2.46. The summed E-state index contributed by atoms with van der Waals surface area (Å²) in [7, 11) is 2.14. The normalized spacial score (nSPS) is 18.9. The smallest absolute Gasteiger partial charge is 0.243 e. The molecule has 2 aromatic heterocycles. The van der Waals surface area contributed by atoms with Gasteiger partial charge in [-0.05, 0) is 26.4 Å². The SMILES string of the molecule is CN1CCCC1CNc1nc(NN)nc(-n2ccnc2)n1. The van der Waals surface area contributed by atoms with Gasteiger partial charge in [0.1, 0.15) is 6.33 Å². The fourth-order valence-electron chi connectivity index (χ4n) is 2.45. The number of nitrogen functional groups attached to an aromatic ring is 1. The Morgan fingerprint density at radius 3 is 2.86 bits per heavy atom. The Balaban J connectivity index is 1.76. The van der Waals surface area contributed by atoms with E-state index in [9.17, 15) is 0 Å². The molecule has 1 saturated heterocycles. The first-order chi connectivity index (χ1) is 10.3. The van der Waals surface area contributed by atoms with E-state index in [0.29, 0.717) is 23.9 Å². The number of hydrazine groups is 1. The molecule has 9 heteroatoms. The number of aromatic nitrogens is 5. The van der Waals surface area contributed by atoms with Crippen LogP contribution < -0.4 is 16.6 Å². The number of hydrogen-bond acceptors (Lipinski definition) is 8. The Bertz CT molecular complexity index is 582. The maximum atomic E-state index is 5.42. The predicted molar refractivity (Wildman–Crippen MR) is 78.9 cm³/mol. The Labute approximate surface area is 122 Å². The van der Waals surface area contributed by atoms with Gasteiger partial charge in [0.05, 0.1) is 0 Å². The number of nitrogens with zero attached hydrogens (tertiary/aromatic N) is 6. The molecule has 4 N–H and O–H groups in total. The number of hydrogen-bond donors (Lipinski definition) is 3. The van der Waals surface area contributed by atoms with E-state index in [1.165, 1.54) is 12.8 Å². The third kappa shape index (κ3) is 3.09. The van der Waals surface area contributed by atoms with Crippen molar-refractivity contribution < 1.29 is 0 Å². The lowest BCUT2D eigenvalue weighted by Crippen LogP contribution is -2.32. The van der Waals surface area contributed by atoms with E-state index < -0.39 is 0 Å². The highest BCUT2D eigenvalue weighted by molar-refractivity contribution is 5.37. The molecule has 9 nitrogen and oxygen atoms in total. The van der Waals surface area contributed by atoms with Crippen LogP contribution in [0.5, 0.6) is 0 Å². The van der Waals surface area contributed by atoms with Crippen molar-refractivity contribution in [3.8, 4) is 5.95 Å². The van der Waals surface area contributed by atoms with Crippen molar-refractivity contribution in [2.24, 2.45) is 5.84 Å². The van der Waals surface area contributed by atoms with Gasteiger partial charge >= 0.3 is 0 Å². The second-order valence-electron chi connectivity index (χ2n) is 5.05. The maximum absolute atomic E-state index is 5.42. The third-order valence-corrected chi connectivity index (χ3v) is 3.66. The Kier molecular flexibility index (Phi) is 3.93. The topological polar surface area (TPSA) is 110 Å². The van der Waals surface area contributed by atoms with Crippen molar-refractivity contribution in [3.05, 3.63) is 18.7 Å². The molecule has 3 rings (SSSR count). The number of likely N-dealkylation sites (N-methyl/N-ethyl adjacent to an activating group) is 1. The van der Waals surface area contributed by atoms with Gasteiger partial charge in [-0.15, -0.1) is 0 Å². The average Bonchev–Trinajstić information content (AvgIpc) is 3.16. The molecule has 0 radical (unpaired) electrons. The highest BCUT2D eigenvalue weighted by atomic mass is 15.4. The Morgan fingerprint density at radius 1 is 1.33 bits per heavy atom. The van der Waals surface area contributed by atoms with Gasteiger partial charge in [0.25, 0.3) is 0 Å². The molecule has 0 spiro atoms. The van der Waals surface area contributed by atoms with E-state index in [2.05, 4.69) is 42.6 Å². The van der Waals surface area contributed by atoms with Crippen molar-refractivity contribution in [2.75, 3.05) is 30.9 Å². The van der Waals surface area contributed by atoms with Crippen LogP contribution in [0, 0.1) is 0 Å². The van der Waals surface area contributed by atoms with E-state index in [0.717, 1.165) is 13.1 Å². The van der Waals surface area contributed by atoms with Crippen molar-refractivity contribution in [1.82, 2.24) is 29.4 Å². The molecular formula is C12H19N9. The van der Waals surface area contributed by atoms with Crippen LogP contribution in [0.25, 0.3) is 5.95 Å². The molecule has 1 atom stereocenters. The third-order valence-electron chi connectivity index (χ3n) is 3.66. The average molecular weight is 289 g/mol. The van der Waals surface area contributed by atoms with Crippen molar-refractivity contribution in [1.29, 1.82) is 0 Å². The predicted octanol–water partition coefficient (Wildman–Crippen LogP) is -0.151. The number of imidazole rings is 1. The van der Waals surface area contributed by atoms with Crippen LogP contribution in [-0.4, -0.2) is 55.6 Å². The molecule has 0 saturated carbocycles. The van der Waals surface area contributed by atoms with Crippen LogP contribution in [-0.2, 0) is 0 Å². The number of likely N-dealkylation sites (tertiary alicyclic amines) is 1. The minimum Gasteiger partial charge on any atom is -0.352 e. The fraction of sp³-hybridized carbons (Fsp3) is 0.500. The molecule has 21 heavy (non-hydrogen) atoms. The van der Waals surface area contributed by atoms with Crippen molar-refractivity contribution in [2.45, 2.75) is 18.9 Å². The molecule has 2 aromatic rings. The van der Waals surface area contributed by atoms with Gasteiger partial charge in [0.15, 0.2) is 0 Å². The van der Waals surface area contributed by atoms with E-state index in [4.69, 9.17) is 5.84 Å². The van der Waals surface area contributed by atoms with E-state index >= 15 is 0 Å². The van der Waals surface area contributed by atoms with Gasteiger partial charge in [-0.3, -0.25) is 9.99 Å². The second kappa shape index (κ2) is 6.02. The zero-order chi connectivity index (χ0) is 14.7. The van der Waals surface area contributed by atoms with Gasteiger partial charge in [0.2, 0.25) is 17.8 Å². The summed E-state index contributed by atoms with van der Waals surface area (Å²) in [6, 6.07) is 0.507. The van der Waals surface area contributed by atoms with Crippen LogP contribution in [0.3, 0.4) is 0 Å². The molecule has 0 bridgehead atoms. The summed E-state index contributed by atoms with van der Waals surface area (Å²) in [5.74, 6) is 6.71. The Morgan fingerprint density at radius 2 is 2.19 bits per heavy atom. The highest BCUT2D eigenvalue weighted by Crippen LogP contribution is 2.15. The summed E-state index contributed by atoms with van der Waals surface area (Å²) in [6.45, 7) is 1.94. The molecule has 1 aliphatic rings. The van der Waals surface area contributed by atoms with Gasteiger partial charge < -0.3 is 10.2 Å². The first-order valence-corrected chi connectivity index (χ1v) is 6.91. The highest BCUT2D eigenvalue weighted by Gasteiger charge is 2.20. The summed E-state index contributed by atoms with van der Waals surface area (Å²) in [4.78, 5) is 19.1. The summed E-state index contributed by atoms with van der Waals surface area (Å²) < 4.78 is 1.70. The first-order valence-electron chi connectivity index (χ1n) is 6.91. The zero-order valence-corrected chi connectivity index (χ0v) is 11.9. The lowest BCUT2D eigenvalue weighted by Gasteiger charge is -2.19. The summed E-state index contributed by atoms with van der Waals surface area (Å²) >= 11 is 0. The van der Waals surface area contributed by atoms with Crippen LogP contribution in [0.4, 0.5) is 11.9 Å². The summed E-state index contributed by atoms with van der Waals surface area (Å²) in [5, 5.41) is 3.26. The van der Waals surface area contributed by atoms with Crippen LogP contribution in [0.1, 0.15) is 12.8 Å². The van der Waals surface area contributed by atoms with E-state index in [1.54, 1.807) is 23.3 Å².